The summed E-state index contributed by atoms with van der Waals surface area (Å²) in [7, 11) is 1.64. The van der Waals surface area contributed by atoms with Crippen LogP contribution in [0.1, 0.15) is 23.0 Å². The maximum absolute atomic E-state index is 13.6. The Morgan fingerprint density at radius 2 is 2.05 bits per heavy atom. The SMILES string of the molecule is CC(Cc1c(F)cccc1F)NC(=O)c1nn(C)cc1N. The van der Waals surface area contributed by atoms with Crippen molar-refractivity contribution in [3.8, 4) is 0 Å². The molecule has 1 heterocycles. The van der Waals surface area contributed by atoms with Crippen LogP contribution in [0.5, 0.6) is 0 Å². The third-order valence-corrected chi connectivity index (χ3v) is 3.02. The summed E-state index contributed by atoms with van der Waals surface area (Å²) in [6.07, 6.45) is 1.55. The van der Waals surface area contributed by atoms with E-state index in [1.807, 2.05) is 0 Å². The number of hydrogen-bond acceptors (Lipinski definition) is 3. The van der Waals surface area contributed by atoms with E-state index in [1.54, 1.807) is 14.0 Å². The van der Waals surface area contributed by atoms with Gasteiger partial charge in [0.05, 0.1) is 5.69 Å². The van der Waals surface area contributed by atoms with Gasteiger partial charge in [-0.25, -0.2) is 8.78 Å². The highest BCUT2D eigenvalue weighted by molar-refractivity contribution is 5.97. The van der Waals surface area contributed by atoms with E-state index in [0.717, 1.165) is 0 Å². The number of benzene rings is 1. The van der Waals surface area contributed by atoms with Crippen molar-refractivity contribution in [2.45, 2.75) is 19.4 Å². The highest BCUT2D eigenvalue weighted by Gasteiger charge is 2.18. The van der Waals surface area contributed by atoms with Gasteiger partial charge in [0.25, 0.3) is 5.91 Å². The molecule has 0 fully saturated rings. The number of nitrogens with one attached hydrogen (secondary N) is 1. The molecule has 0 aliphatic heterocycles. The Hall–Kier alpha value is -2.44. The molecular formula is C14H16F2N4O. The molecule has 1 aromatic heterocycles. The van der Waals surface area contributed by atoms with Gasteiger partial charge in [-0.1, -0.05) is 6.07 Å². The number of nitrogens with two attached hydrogens (primary N) is 1. The van der Waals surface area contributed by atoms with E-state index >= 15 is 0 Å². The minimum Gasteiger partial charge on any atom is -0.396 e. The van der Waals surface area contributed by atoms with Gasteiger partial charge in [0.1, 0.15) is 11.6 Å². The Labute approximate surface area is 120 Å². The molecule has 112 valence electrons. The topological polar surface area (TPSA) is 72.9 Å². The minimum atomic E-state index is -0.631. The summed E-state index contributed by atoms with van der Waals surface area (Å²) in [6.45, 7) is 1.66. The molecule has 0 saturated carbocycles. The van der Waals surface area contributed by atoms with Crippen molar-refractivity contribution >= 4 is 11.6 Å². The molecule has 0 spiro atoms. The summed E-state index contributed by atoms with van der Waals surface area (Å²) in [5, 5.41) is 6.56. The van der Waals surface area contributed by atoms with E-state index in [9.17, 15) is 13.6 Å². The lowest BCUT2D eigenvalue weighted by atomic mass is 10.1. The third-order valence-electron chi connectivity index (χ3n) is 3.02. The number of carbonyl (C=O) groups excluding carboxylic acids is 1. The molecule has 3 N–H and O–H groups in total. The smallest absolute Gasteiger partial charge is 0.274 e. The van der Waals surface area contributed by atoms with Gasteiger partial charge in [-0.3, -0.25) is 9.48 Å². The van der Waals surface area contributed by atoms with Crippen LogP contribution in [0.2, 0.25) is 0 Å². The molecule has 1 aromatic carbocycles. The lowest BCUT2D eigenvalue weighted by Crippen LogP contribution is -2.35. The number of rotatable bonds is 4. The molecule has 5 nitrogen and oxygen atoms in total. The number of hydrogen-bond donors (Lipinski definition) is 2. The Bertz CT molecular complexity index is 649. The van der Waals surface area contributed by atoms with Crippen LogP contribution in [0.3, 0.4) is 0 Å². The molecule has 2 rings (SSSR count). The van der Waals surface area contributed by atoms with Gasteiger partial charge in [-0.05, 0) is 25.5 Å². The highest BCUT2D eigenvalue weighted by Crippen LogP contribution is 2.15. The van der Waals surface area contributed by atoms with E-state index in [1.165, 1.54) is 29.1 Å². The molecule has 21 heavy (non-hydrogen) atoms. The summed E-state index contributed by atoms with van der Waals surface area (Å²) < 4.78 is 28.5. The quantitative estimate of drug-likeness (QED) is 0.900. The second-order valence-electron chi connectivity index (χ2n) is 4.89. The lowest BCUT2D eigenvalue weighted by molar-refractivity contribution is 0.0934. The molecular weight excluding hydrogens is 278 g/mol. The van der Waals surface area contributed by atoms with Crippen molar-refractivity contribution in [3.05, 3.63) is 47.3 Å². The Balaban J connectivity index is 2.07. The zero-order valence-corrected chi connectivity index (χ0v) is 11.7. The normalized spacial score (nSPS) is 12.2. The molecule has 1 unspecified atom stereocenters. The predicted molar refractivity (Wildman–Crippen MR) is 74.6 cm³/mol. The van der Waals surface area contributed by atoms with Gasteiger partial charge < -0.3 is 11.1 Å². The fourth-order valence-electron chi connectivity index (χ4n) is 2.06. The summed E-state index contributed by atoms with van der Waals surface area (Å²) >= 11 is 0. The van der Waals surface area contributed by atoms with Gasteiger partial charge in [-0.15, -0.1) is 0 Å². The van der Waals surface area contributed by atoms with Gasteiger partial charge in [0.2, 0.25) is 0 Å². The van der Waals surface area contributed by atoms with E-state index in [2.05, 4.69) is 10.4 Å². The van der Waals surface area contributed by atoms with Crippen LogP contribution in [0, 0.1) is 11.6 Å². The number of aryl methyl sites for hydroxylation is 1. The second-order valence-corrected chi connectivity index (χ2v) is 4.89. The molecule has 1 atom stereocenters. The number of carbonyl (C=O) groups is 1. The molecule has 0 saturated heterocycles. The van der Waals surface area contributed by atoms with Crippen LogP contribution >= 0.6 is 0 Å². The van der Waals surface area contributed by atoms with Crippen LogP contribution in [-0.4, -0.2) is 21.7 Å². The number of anilines is 1. The first kappa shape index (κ1) is 15.0. The predicted octanol–water partition coefficient (Wildman–Crippen LogP) is 1.64. The van der Waals surface area contributed by atoms with Crippen LogP contribution in [0.4, 0.5) is 14.5 Å². The monoisotopic (exact) mass is 294 g/mol. The van der Waals surface area contributed by atoms with Crippen molar-refractivity contribution < 1.29 is 13.6 Å². The van der Waals surface area contributed by atoms with E-state index in [0.29, 0.717) is 0 Å². The van der Waals surface area contributed by atoms with Gasteiger partial charge in [0.15, 0.2) is 5.69 Å². The average molecular weight is 294 g/mol. The molecule has 0 aliphatic rings. The van der Waals surface area contributed by atoms with Gasteiger partial charge in [0, 0.05) is 24.8 Å². The standard InChI is InChI=1S/C14H16F2N4O/c1-8(6-9-10(15)4-3-5-11(9)16)18-14(21)13-12(17)7-20(2)19-13/h3-5,7-8H,6,17H2,1-2H3,(H,18,21). The minimum absolute atomic E-state index is 0.0387. The molecule has 0 radical (unpaired) electrons. The van der Waals surface area contributed by atoms with Crippen molar-refractivity contribution in [2.24, 2.45) is 7.05 Å². The number of amides is 1. The van der Waals surface area contributed by atoms with Crippen LogP contribution in [0.25, 0.3) is 0 Å². The summed E-state index contributed by atoms with van der Waals surface area (Å²) in [5.74, 6) is -1.74. The van der Waals surface area contributed by atoms with Crippen molar-refractivity contribution in [1.82, 2.24) is 15.1 Å². The first-order valence-electron chi connectivity index (χ1n) is 6.41. The fourth-order valence-corrected chi connectivity index (χ4v) is 2.06. The Kier molecular flexibility index (Phi) is 4.21. The van der Waals surface area contributed by atoms with Crippen molar-refractivity contribution in [2.75, 3.05) is 5.73 Å². The number of halogens is 2. The van der Waals surface area contributed by atoms with Crippen molar-refractivity contribution in [1.29, 1.82) is 0 Å². The van der Waals surface area contributed by atoms with Crippen molar-refractivity contribution in [3.63, 3.8) is 0 Å². The number of nitrogens with zero attached hydrogens (tertiary/aromatic N) is 2. The summed E-state index contributed by atoms with van der Waals surface area (Å²) in [5.41, 5.74) is 5.94. The molecule has 2 aromatic rings. The van der Waals surface area contributed by atoms with Crippen LogP contribution in [-0.2, 0) is 13.5 Å². The Morgan fingerprint density at radius 1 is 1.43 bits per heavy atom. The lowest BCUT2D eigenvalue weighted by Gasteiger charge is -2.14. The first-order chi connectivity index (χ1) is 9.88. The van der Waals surface area contributed by atoms with Gasteiger partial charge >= 0.3 is 0 Å². The van der Waals surface area contributed by atoms with Crippen LogP contribution in [0.15, 0.2) is 24.4 Å². The Morgan fingerprint density at radius 3 is 2.57 bits per heavy atom. The fraction of sp³-hybridized carbons (Fsp3) is 0.286. The van der Waals surface area contributed by atoms with Gasteiger partial charge in [-0.2, -0.15) is 5.10 Å². The highest BCUT2D eigenvalue weighted by atomic mass is 19.1. The van der Waals surface area contributed by atoms with E-state index < -0.39 is 23.6 Å². The molecule has 0 aliphatic carbocycles. The first-order valence-corrected chi connectivity index (χ1v) is 6.41. The molecule has 0 bridgehead atoms. The average Bonchev–Trinajstić information content (AvgIpc) is 2.73. The molecule has 1 amide bonds. The number of nitrogen functional groups attached to an aromatic ring is 1. The zero-order valence-electron chi connectivity index (χ0n) is 11.7. The largest absolute Gasteiger partial charge is 0.396 e. The zero-order chi connectivity index (χ0) is 15.6. The second kappa shape index (κ2) is 5.90. The van der Waals surface area contributed by atoms with E-state index in [-0.39, 0.29) is 23.4 Å². The maximum Gasteiger partial charge on any atom is 0.274 e. The van der Waals surface area contributed by atoms with E-state index in [4.69, 9.17) is 5.73 Å². The summed E-state index contributed by atoms with van der Waals surface area (Å²) in [6, 6.07) is 3.20. The number of aromatic nitrogens is 2. The maximum atomic E-state index is 13.6. The summed E-state index contributed by atoms with van der Waals surface area (Å²) in [4.78, 5) is 12.0. The van der Waals surface area contributed by atoms with Crippen LogP contribution < -0.4 is 11.1 Å². The third kappa shape index (κ3) is 3.36. The molecule has 7 heteroatoms.